The van der Waals surface area contributed by atoms with Crippen LogP contribution in [0, 0.1) is 5.92 Å². The monoisotopic (exact) mass is 248 g/mol. The Morgan fingerprint density at radius 2 is 2.00 bits per heavy atom. The summed E-state index contributed by atoms with van der Waals surface area (Å²) in [6.07, 6.45) is 3.75. The lowest BCUT2D eigenvalue weighted by atomic mass is 9.99. The third-order valence-electron chi connectivity index (χ3n) is 3.67. The fraction of sp³-hybridized carbons (Fsp3) is 0.600. The minimum atomic E-state index is 0.726. The van der Waals surface area contributed by atoms with Gasteiger partial charge in [-0.2, -0.15) is 0 Å². The number of hydrogen-bond acceptors (Lipinski definition) is 3. The lowest BCUT2D eigenvalue weighted by molar-refractivity contribution is 0.177. The van der Waals surface area contributed by atoms with Crippen LogP contribution in [0.3, 0.4) is 0 Å². The van der Waals surface area contributed by atoms with E-state index in [9.17, 15) is 0 Å². The smallest absolute Gasteiger partial charge is 0.142 e. The molecule has 0 aromatic heterocycles. The predicted octanol–water partition coefficient (Wildman–Crippen LogP) is 2.77. The molecule has 18 heavy (non-hydrogen) atoms. The molecule has 0 spiro atoms. The summed E-state index contributed by atoms with van der Waals surface area (Å²) >= 11 is 0. The average molecular weight is 248 g/mol. The van der Waals surface area contributed by atoms with Crippen LogP contribution >= 0.6 is 0 Å². The van der Waals surface area contributed by atoms with Gasteiger partial charge in [-0.25, -0.2) is 0 Å². The van der Waals surface area contributed by atoms with Gasteiger partial charge in [0.25, 0.3) is 0 Å². The number of ether oxygens (including phenoxy) is 1. The molecule has 0 unspecified atom stereocenters. The van der Waals surface area contributed by atoms with E-state index in [4.69, 9.17) is 10.5 Å². The first-order chi connectivity index (χ1) is 8.75. The summed E-state index contributed by atoms with van der Waals surface area (Å²) < 4.78 is 5.70. The zero-order valence-electron chi connectivity index (χ0n) is 11.3. The van der Waals surface area contributed by atoms with Crippen molar-refractivity contribution in [2.75, 3.05) is 32.0 Å². The van der Waals surface area contributed by atoms with Gasteiger partial charge in [-0.05, 0) is 50.4 Å². The zero-order valence-corrected chi connectivity index (χ0v) is 11.3. The first kappa shape index (κ1) is 13.2. The van der Waals surface area contributed by atoms with Gasteiger partial charge < -0.3 is 15.4 Å². The molecular formula is C15H24N2O. The molecule has 0 radical (unpaired) electrons. The van der Waals surface area contributed by atoms with Crippen molar-refractivity contribution in [1.29, 1.82) is 0 Å². The van der Waals surface area contributed by atoms with Crippen molar-refractivity contribution in [1.82, 2.24) is 4.90 Å². The molecule has 3 nitrogen and oxygen atoms in total. The maximum atomic E-state index is 5.83. The summed E-state index contributed by atoms with van der Waals surface area (Å²) in [5.41, 5.74) is 6.55. The number of piperidine rings is 1. The fourth-order valence-electron chi connectivity index (χ4n) is 2.37. The van der Waals surface area contributed by atoms with Crippen molar-refractivity contribution in [2.24, 2.45) is 5.92 Å². The Labute approximate surface area is 110 Å². The second-order valence-electron chi connectivity index (χ2n) is 5.26. The molecule has 0 bridgehead atoms. The van der Waals surface area contributed by atoms with Crippen LogP contribution in [0.15, 0.2) is 24.3 Å². The van der Waals surface area contributed by atoms with Crippen LogP contribution in [-0.4, -0.2) is 31.1 Å². The Balaban J connectivity index is 1.63. The molecule has 0 atom stereocenters. The minimum Gasteiger partial charge on any atom is -0.491 e. The molecule has 1 aromatic carbocycles. The Bertz CT molecular complexity index is 359. The van der Waals surface area contributed by atoms with Gasteiger partial charge in [0.05, 0.1) is 12.3 Å². The molecule has 2 rings (SSSR count). The number of hydrogen-bond donors (Lipinski definition) is 1. The van der Waals surface area contributed by atoms with E-state index in [-0.39, 0.29) is 0 Å². The van der Waals surface area contributed by atoms with Crippen LogP contribution in [0.25, 0.3) is 0 Å². The van der Waals surface area contributed by atoms with Crippen molar-refractivity contribution in [3.8, 4) is 5.75 Å². The molecule has 0 aliphatic carbocycles. The standard InChI is InChI=1S/C15H24N2O/c1-13-7-10-17(11-8-13)9-4-12-18-15-6-3-2-5-14(15)16/h2-3,5-6,13H,4,7-12,16H2,1H3. The first-order valence-corrected chi connectivity index (χ1v) is 6.95. The number of anilines is 1. The number of nitrogens with zero attached hydrogens (tertiary/aromatic N) is 1. The van der Waals surface area contributed by atoms with Gasteiger partial charge in [-0.1, -0.05) is 19.1 Å². The number of rotatable bonds is 5. The maximum absolute atomic E-state index is 5.83. The number of nitrogens with two attached hydrogens (primary N) is 1. The quantitative estimate of drug-likeness (QED) is 0.643. The highest BCUT2D eigenvalue weighted by Gasteiger charge is 2.14. The number of benzene rings is 1. The Kier molecular flexibility index (Phi) is 4.88. The lowest BCUT2D eigenvalue weighted by Gasteiger charge is -2.30. The molecule has 1 aromatic rings. The summed E-state index contributed by atoms with van der Waals surface area (Å²) in [7, 11) is 0. The normalized spacial score (nSPS) is 17.8. The highest BCUT2D eigenvalue weighted by Crippen LogP contribution is 2.20. The maximum Gasteiger partial charge on any atom is 0.142 e. The minimum absolute atomic E-state index is 0.726. The van der Waals surface area contributed by atoms with Crippen molar-refractivity contribution in [2.45, 2.75) is 26.2 Å². The van der Waals surface area contributed by atoms with Crippen LogP contribution < -0.4 is 10.5 Å². The van der Waals surface area contributed by atoms with E-state index in [0.29, 0.717) is 0 Å². The molecule has 1 aliphatic rings. The fourth-order valence-corrected chi connectivity index (χ4v) is 2.37. The van der Waals surface area contributed by atoms with Gasteiger partial charge >= 0.3 is 0 Å². The summed E-state index contributed by atoms with van der Waals surface area (Å²) in [5.74, 6) is 1.71. The number of para-hydroxylation sites is 2. The molecular weight excluding hydrogens is 224 g/mol. The third kappa shape index (κ3) is 3.91. The van der Waals surface area contributed by atoms with Gasteiger partial charge in [0.1, 0.15) is 5.75 Å². The van der Waals surface area contributed by atoms with Crippen molar-refractivity contribution >= 4 is 5.69 Å². The topological polar surface area (TPSA) is 38.5 Å². The van der Waals surface area contributed by atoms with Crippen LogP contribution in [0.2, 0.25) is 0 Å². The Hall–Kier alpha value is -1.22. The molecule has 1 heterocycles. The number of nitrogen functional groups attached to an aromatic ring is 1. The molecule has 1 aliphatic heterocycles. The van der Waals surface area contributed by atoms with Crippen molar-refractivity contribution in [3.05, 3.63) is 24.3 Å². The van der Waals surface area contributed by atoms with Gasteiger partial charge in [0.15, 0.2) is 0 Å². The van der Waals surface area contributed by atoms with E-state index in [1.165, 1.54) is 25.9 Å². The molecule has 3 heteroatoms. The summed E-state index contributed by atoms with van der Waals surface area (Å²) in [4.78, 5) is 2.54. The predicted molar refractivity (Wildman–Crippen MR) is 75.8 cm³/mol. The van der Waals surface area contributed by atoms with E-state index in [1.54, 1.807) is 0 Å². The lowest BCUT2D eigenvalue weighted by Crippen LogP contribution is -2.34. The first-order valence-electron chi connectivity index (χ1n) is 6.95. The van der Waals surface area contributed by atoms with E-state index in [1.807, 2.05) is 24.3 Å². The van der Waals surface area contributed by atoms with Crippen LogP contribution in [0.4, 0.5) is 5.69 Å². The van der Waals surface area contributed by atoms with Crippen LogP contribution in [-0.2, 0) is 0 Å². The number of likely N-dealkylation sites (tertiary alicyclic amines) is 1. The molecule has 100 valence electrons. The molecule has 2 N–H and O–H groups in total. The third-order valence-corrected chi connectivity index (χ3v) is 3.67. The Morgan fingerprint density at radius 1 is 1.28 bits per heavy atom. The van der Waals surface area contributed by atoms with E-state index in [0.717, 1.165) is 36.9 Å². The Morgan fingerprint density at radius 3 is 2.72 bits per heavy atom. The summed E-state index contributed by atoms with van der Waals surface area (Å²) in [6, 6.07) is 7.69. The SMILES string of the molecule is CC1CCN(CCCOc2ccccc2N)CC1. The van der Waals surface area contributed by atoms with E-state index in [2.05, 4.69) is 11.8 Å². The van der Waals surface area contributed by atoms with Crippen LogP contribution in [0.5, 0.6) is 5.75 Å². The zero-order chi connectivity index (χ0) is 12.8. The summed E-state index contributed by atoms with van der Waals surface area (Å²) in [5, 5.41) is 0. The largest absolute Gasteiger partial charge is 0.491 e. The van der Waals surface area contributed by atoms with E-state index < -0.39 is 0 Å². The second kappa shape index (κ2) is 6.64. The molecule has 0 amide bonds. The van der Waals surface area contributed by atoms with Gasteiger partial charge in [0.2, 0.25) is 0 Å². The highest BCUT2D eigenvalue weighted by atomic mass is 16.5. The van der Waals surface area contributed by atoms with E-state index >= 15 is 0 Å². The average Bonchev–Trinajstić information content (AvgIpc) is 2.39. The van der Waals surface area contributed by atoms with Crippen LogP contribution in [0.1, 0.15) is 26.2 Å². The van der Waals surface area contributed by atoms with Gasteiger partial charge in [0, 0.05) is 6.54 Å². The summed E-state index contributed by atoms with van der Waals surface area (Å²) in [6.45, 7) is 6.72. The van der Waals surface area contributed by atoms with Crippen molar-refractivity contribution < 1.29 is 4.74 Å². The van der Waals surface area contributed by atoms with Gasteiger partial charge in [-0.3, -0.25) is 0 Å². The molecule has 0 saturated carbocycles. The second-order valence-corrected chi connectivity index (χ2v) is 5.26. The van der Waals surface area contributed by atoms with Crippen molar-refractivity contribution in [3.63, 3.8) is 0 Å². The molecule has 1 saturated heterocycles. The van der Waals surface area contributed by atoms with Gasteiger partial charge in [-0.15, -0.1) is 0 Å². The highest BCUT2D eigenvalue weighted by molar-refractivity contribution is 5.51. The molecule has 1 fully saturated rings.